The van der Waals surface area contributed by atoms with Crippen molar-refractivity contribution in [3.05, 3.63) is 59.1 Å². The smallest absolute Gasteiger partial charge is 0.249 e. The molecule has 1 N–H and O–H groups in total. The number of likely N-dealkylation sites (tertiary alicyclic amines) is 1. The van der Waals surface area contributed by atoms with E-state index in [0.717, 1.165) is 18.4 Å². The number of benzene rings is 2. The first-order chi connectivity index (χ1) is 14.5. The molecule has 1 fully saturated rings. The number of nitrogens with zero attached hydrogens (tertiary/aromatic N) is 5. The largest absolute Gasteiger partial charge is 0.508 e. The van der Waals surface area contributed by atoms with E-state index in [2.05, 4.69) is 15.4 Å². The van der Waals surface area contributed by atoms with Crippen LogP contribution in [0.2, 0.25) is 5.02 Å². The standard InChI is InChI=1S/C22H24ClN5O2/c1-2-20(28-25-21(24-26-28)17-3-7-18(23)8-4-17)22(30)27-13-11-16(12-14-27)15-5-9-19(29)10-6-15/h3-10,16,20,29H,2,11-14H2,1H3. The lowest BCUT2D eigenvalue weighted by Gasteiger charge is -2.34. The van der Waals surface area contributed by atoms with Crippen LogP contribution >= 0.6 is 11.6 Å². The third-order valence-electron chi connectivity index (χ3n) is 5.65. The zero-order valence-electron chi connectivity index (χ0n) is 16.8. The summed E-state index contributed by atoms with van der Waals surface area (Å²) in [5.74, 6) is 1.18. The highest BCUT2D eigenvalue weighted by Gasteiger charge is 2.30. The molecular formula is C22H24ClN5O2. The minimum absolute atomic E-state index is 0.0294. The minimum atomic E-state index is -0.469. The maximum Gasteiger partial charge on any atom is 0.249 e. The van der Waals surface area contributed by atoms with Crippen LogP contribution in [-0.4, -0.2) is 49.2 Å². The van der Waals surface area contributed by atoms with Gasteiger partial charge < -0.3 is 10.0 Å². The average Bonchev–Trinajstić information content (AvgIpc) is 3.25. The number of hydrogen-bond acceptors (Lipinski definition) is 5. The van der Waals surface area contributed by atoms with Crippen molar-refractivity contribution in [3.63, 3.8) is 0 Å². The van der Waals surface area contributed by atoms with E-state index in [0.29, 0.717) is 36.3 Å². The van der Waals surface area contributed by atoms with Gasteiger partial charge in [-0.2, -0.15) is 4.80 Å². The van der Waals surface area contributed by atoms with Gasteiger partial charge in [0.15, 0.2) is 6.04 Å². The lowest BCUT2D eigenvalue weighted by molar-refractivity contribution is -0.136. The molecule has 1 aliphatic rings. The lowest BCUT2D eigenvalue weighted by atomic mass is 9.89. The van der Waals surface area contributed by atoms with Gasteiger partial charge >= 0.3 is 0 Å². The molecule has 156 valence electrons. The number of piperidine rings is 1. The van der Waals surface area contributed by atoms with Crippen LogP contribution in [-0.2, 0) is 4.79 Å². The molecule has 1 aliphatic heterocycles. The van der Waals surface area contributed by atoms with Crippen LogP contribution in [0.3, 0.4) is 0 Å². The van der Waals surface area contributed by atoms with Crippen LogP contribution < -0.4 is 0 Å². The van der Waals surface area contributed by atoms with Crippen molar-refractivity contribution in [1.82, 2.24) is 25.1 Å². The molecule has 0 aliphatic carbocycles. The van der Waals surface area contributed by atoms with Crippen molar-refractivity contribution < 1.29 is 9.90 Å². The Labute approximate surface area is 180 Å². The quantitative estimate of drug-likeness (QED) is 0.666. The topological polar surface area (TPSA) is 84.1 Å². The zero-order valence-corrected chi connectivity index (χ0v) is 17.5. The molecule has 0 spiro atoms. The third-order valence-corrected chi connectivity index (χ3v) is 5.90. The Balaban J connectivity index is 1.42. The van der Waals surface area contributed by atoms with Crippen molar-refractivity contribution in [2.45, 2.75) is 38.1 Å². The summed E-state index contributed by atoms with van der Waals surface area (Å²) in [5.41, 5.74) is 2.01. The van der Waals surface area contributed by atoms with Crippen LogP contribution in [0.4, 0.5) is 0 Å². The Morgan fingerprint density at radius 3 is 2.43 bits per heavy atom. The number of tetrazole rings is 1. The zero-order chi connectivity index (χ0) is 21.1. The van der Waals surface area contributed by atoms with E-state index in [-0.39, 0.29) is 11.7 Å². The van der Waals surface area contributed by atoms with E-state index in [9.17, 15) is 9.90 Å². The van der Waals surface area contributed by atoms with Gasteiger partial charge in [0.2, 0.25) is 11.7 Å². The van der Waals surface area contributed by atoms with Gasteiger partial charge in [0.25, 0.3) is 0 Å². The van der Waals surface area contributed by atoms with Gasteiger partial charge in [0, 0.05) is 23.7 Å². The number of carbonyl (C=O) groups excluding carboxylic acids is 1. The summed E-state index contributed by atoms with van der Waals surface area (Å²) in [6.07, 6.45) is 2.38. The summed E-state index contributed by atoms with van der Waals surface area (Å²) in [7, 11) is 0. The average molecular weight is 426 g/mol. The number of carbonyl (C=O) groups is 1. The summed E-state index contributed by atoms with van der Waals surface area (Å²) < 4.78 is 0. The van der Waals surface area contributed by atoms with Crippen LogP contribution in [0.25, 0.3) is 11.4 Å². The highest BCUT2D eigenvalue weighted by atomic mass is 35.5. The molecule has 3 aromatic rings. The van der Waals surface area contributed by atoms with E-state index in [1.807, 2.05) is 36.1 Å². The summed E-state index contributed by atoms with van der Waals surface area (Å²) >= 11 is 5.94. The predicted molar refractivity (Wildman–Crippen MR) is 114 cm³/mol. The molecule has 0 radical (unpaired) electrons. The van der Waals surface area contributed by atoms with E-state index < -0.39 is 6.04 Å². The number of amides is 1. The third kappa shape index (κ3) is 4.31. The fourth-order valence-electron chi connectivity index (χ4n) is 3.90. The molecule has 1 amide bonds. The summed E-state index contributed by atoms with van der Waals surface area (Å²) in [5, 5.41) is 22.8. The molecule has 30 heavy (non-hydrogen) atoms. The van der Waals surface area contributed by atoms with E-state index in [4.69, 9.17) is 11.6 Å². The first-order valence-electron chi connectivity index (χ1n) is 10.2. The SMILES string of the molecule is CCC(C(=O)N1CCC(c2ccc(O)cc2)CC1)n1nnc(-c2ccc(Cl)cc2)n1. The monoisotopic (exact) mass is 425 g/mol. The number of aromatic nitrogens is 4. The summed E-state index contributed by atoms with van der Waals surface area (Å²) in [6.45, 7) is 3.34. The van der Waals surface area contributed by atoms with Crippen molar-refractivity contribution in [2.75, 3.05) is 13.1 Å². The molecule has 1 unspecified atom stereocenters. The fourth-order valence-corrected chi connectivity index (χ4v) is 4.02. The Bertz CT molecular complexity index is 995. The normalized spacial score (nSPS) is 15.9. The van der Waals surface area contributed by atoms with E-state index >= 15 is 0 Å². The molecule has 0 saturated carbocycles. The van der Waals surface area contributed by atoms with Crippen LogP contribution in [0.15, 0.2) is 48.5 Å². The van der Waals surface area contributed by atoms with Crippen molar-refractivity contribution >= 4 is 17.5 Å². The van der Waals surface area contributed by atoms with Crippen molar-refractivity contribution in [3.8, 4) is 17.1 Å². The maximum atomic E-state index is 13.2. The molecular weight excluding hydrogens is 402 g/mol. The number of halogens is 1. The van der Waals surface area contributed by atoms with Gasteiger partial charge in [0.05, 0.1) is 0 Å². The maximum absolute atomic E-state index is 13.2. The second-order valence-corrected chi connectivity index (χ2v) is 7.99. The second kappa shape index (κ2) is 8.83. The molecule has 0 bridgehead atoms. The van der Waals surface area contributed by atoms with E-state index in [1.54, 1.807) is 24.3 Å². The predicted octanol–water partition coefficient (Wildman–Crippen LogP) is 4.06. The first-order valence-corrected chi connectivity index (χ1v) is 10.6. The highest BCUT2D eigenvalue weighted by Crippen LogP contribution is 2.30. The van der Waals surface area contributed by atoms with Crippen molar-refractivity contribution in [2.24, 2.45) is 0 Å². The van der Waals surface area contributed by atoms with Gasteiger partial charge in [-0.3, -0.25) is 4.79 Å². The molecule has 1 saturated heterocycles. The van der Waals surface area contributed by atoms with Crippen LogP contribution in [0.5, 0.6) is 5.75 Å². The number of hydrogen-bond donors (Lipinski definition) is 1. The van der Waals surface area contributed by atoms with Gasteiger partial charge in [-0.05, 0) is 72.4 Å². The molecule has 1 aromatic heterocycles. The fraction of sp³-hybridized carbons (Fsp3) is 0.364. The Morgan fingerprint density at radius 1 is 1.13 bits per heavy atom. The number of aromatic hydroxyl groups is 1. The molecule has 1 atom stereocenters. The molecule has 2 heterocycles. The summed E-state index contributed by atoms with van der Waals surface area (Å²) in [6, 6.07) is 14.1. The van der Waals surface area contributed by atoms with Gasteiger partial charge in [0.1, 0.15) is 5.75 Å². The Hall–Kier alpha value is -2.93. The van der Waals surface area contributed by atoms with Crippen molar-refractivity contribution in [1.29, 1.82) is 0 Å². The van der Waals surface area contributed by atoms with Gasteiger partial charge in [-0.1, -0.05) is 30.7 Å². The lowest BCUT2D eigenvalue weighted by Crippen LogP contribution is -2.42. The number of phenols is 1. The first kappa shape index (κ1) is 20.3. The summed E-state index contributed by atoms with van der Waals surface area (Å²) in [4.78, 5) is 16.5. The molecule has 8 heteroatoms. The number of phenolic OH excluding ortho intramolecular Hbond substituents is 1. The molecule has 4 rings (SSSR count). The highest BCUT2D eigenvalue weighted by molar-refractivity contribution is 6.30. The molecule has 7 nitrogen and oxygen atoms in total. The molecule has 2 aromatic carbocycles. The van der Waals surface area contributed by atoms with Crippen LogP contribution in [0, 0.1) is 0 Å². The van der Waals surface area contributed by atoms with Gasteiger partial charge in [-0.15, -0.1) is 10.2 Å². The van der Waals surface area contributed by atoms with Gasteiger partial charge in [-0.25, -0.2) is 0 Å². The minimum Gasteiger partial charge on any atom is -0.508 e. The van der Waals surface area contributed by atoms with Crippen LogP contribution in [0.1, 0.15) is 43.7 Å². The number of rotatable bonds is 5. The van der Waals surface area contributed by atoms with E-state index in [1.165, 1.54) is 10.4 Å². The Morgan fingerprint density at radius 2 is 1.80 bits per heavy atom. The Kier molecular flexibility index (Phi) is 5.99. The second-order valence-electron chi connectivity index (χ2n) is 7.56.